The molecule has 0 radical (unpaired) electrons. The van der Waals surface area contributed by atoms with Gasteiger partial charge in [-0.2, -0.15) is 5.10 Å². The molecule has 5 heteroatoms. The molecule has 0 amide bonds. The number of rotatable bonds is 1. The van der Waals surface area contributed by atoms with E-state index in [2.05, 4.69) is 15.1 Å². The number of aromatic nitrogens is 2. The lowest BCUT2D eigenvalue weighted by Gasteiger charge is -2.31. The number of nitrogens with one attached hydrogen (secondary N) is 1. The smallest absolute Gasteiger partial charge is 0.156 e. The first-order valence-corrected chi connectivity index (χ1v) is 5.99. The molecule has 1 aromatic heterocycles. The molecule has 0 aromatic carbocycles. The molecular weight excluding hydrogens is 204 g/mol. The van der Waals surface area contributed by atoms with Gasteiger partial charge in [-0.3, -0.25) is 5.10 Å². The molecule has 88 valence electrons. The third-order valence-corrected chi connectivity index (χ3v) is 3.51. The molecule has 2 aliphatic rings. The summed E-state index contributed by atoms with van der Waals surface area (Å²) in [5, 5.41) is 7.56. The molecule has 2 aliphatic heterocycles. The zero-order chi connectivity index (χ0) is 11.0. The van der Waals surface area contributed by atoms with Gasteiger partial charge in [0.05, 0.1) is 13.2 Å². The normalized spacial score (nSPS) is 22.2. The summed E-state index contributed by atoms with van der Waals surface area (Å²) in [6.07, 6.45) is 3.07. The zero-order valence-electron chi connectivity index (χ0n) is 9.41. The number of fused-ring (bicyclic) bond motifs is 1. The summed E-state index contributed by atoms with van der Waals surface area (Å²) in [4.78, 5) is 2.33. The van der Waals surface area contributed by atoms with Gasteiger partial charge in [-0.1, -0.05) is 0 Å². The summed E-state index contributed by atoms with van der Waals surface area (Å²) in [6.45, 7) is 3.53. The van der Waals surface area contributed by atoms with Crippen LogP contribution >= 0.6 is 0 Å². The molecular formula is C11H18N4O. The van der Waals surface area contributed by atoms with Gasteiger partial charge in [-0.25, -0.2) is 0 Å². The highest BCUT2D eigenvalue weighted by Crippen LogP contribution is 2.27. The van der Waals surface area contributed by atoms with E-state index in [1.165, 1.54) is 11.3 Å². The molecule has 1 aromatic rings. The van der Waals surface area contributed by atoms with Crippen LogP contribution in [0.15, 0.2) is 0 Å². The minimum absolute atomic E-state index is 0.363. The summed E-state index contributed by atoms with van der Waals surface area (Å²) in [7, 11) is 0. The van der Waals surface area contributed by atoms with E-state index in [9.17, 15) is 0 Å². The Morgan fingerprint density at radius 2 is 2.19 bits per heavy atom. The summed E-state index contributed by atoms with van der Waals surface area (Å²) >= 11 is 0. The Labute approximate surface area is 94.9 Å². The molecule has 3 rings (SSSR count). The zero-order valence-corrected chi connectivity index (χ0v) is 9.41. The number of anilines is 1. The van der Waals surface area contributed by atoms with Crippen LogP contribution in [0.5, 0.6) is 0 Å². The number of hydrogen-bond donors (Lipinski definition) is 2. The number of nitrogens with two attached hydrogens (primary N) is 1. The third-order valence-electron chi connectivity index (χ3n) is 3.51. The minimum atomic E-state index is 0.363. The van der Waals surface area contributed by atoms with E-state index in [1.807, 2.05) is 0 Å². The van der Waals surface area contributed by atoms with Gasteiger partial charge in [0, 0.05) is 36.8 Å². The van der Waals surface area contributed by atoms with Crippen LogP contribution in [-0.2, 0) is 17.8 Å². The monoisotopic (exact) mass is 222 g/mol. The standard InChI is InChI=1S/C11H18N4O/c12-8-1-4-15(5-2-8)11-9-7-16-6-3-10(9)13-14-11/h8H,1-7,12H2,(H,13,14). The SMILES string of the molecule is NC1CCN(c2n[nH]c3c2COCC3)CC1. The highest BCUT2D eigenvalue weighted by Gasteiger charge is 2.24. The van der Waals surface area contributed by atoms with Gasteiger partial charge in [-0.05, 0) is 12.8 Å². The largest absolute Gasteiger partial charge is 0.376 e. The van der Waals surface area contributed by atoms with Crippen molar-refractivity contribution in [1.29, 1.82) is 0 Å². The Hall–Kier alpha value is -1.07. The summed E-state index contributed by atoms with van der Waals surface area (Å²) < 4.78 is 5.50. The molecule has 5 nitrogen and oxygen atoms in total. The maximum Gasteiger partial charge on any atom is 0.156 e. The molecule has 16 heavy (non-hydrogen) atoms. The van der Waals surface area contributed by atoms with E-state index in [1.54, 1.807) is 0 Å². The Morgan fingerprint density at radius 1 is 1.38 bits per heavy atom. The summed E-state index contributed by atoms with van der Waals surface area (Å²) in [5.74, 6) is 1.08. The first-order valence-electron chi connectivity index (χ1n) is 5.99. The van der Waals surface area contributed by atoms with Gasteiger partial charge in [0.1, 0.15) is 0 Å². The van der Waals surface area contributed by atoms with Gasteiger partial charge < -0.3 is 15.4 Å². The molecule has 0 unspecified atom stereocenters. The molecule has 1 saturated heterocycles. The number of piperidine rings is 1. The van der Waals surface area contributed by atoms with Crippen molar-refractivity contribution in [2.75, 3.05) is 24.6 Å². The number of hydrogen-bond acceptors (Lipinski definition) is 4. The average molecular weight is 222 g/mol. The number of aromatic amines is 1. The fourth-order valence-electron chi connectivity index (χ4n) is 2.47. The highest BCUT2D eigenvalue weighted by atomic mass is 16.5. The first-order chi connectivity index (χ1) is 7.84. The molecule has 0 spiro atoms. The Bertz CT molecular complexity index is 368. The molecule has 1 fully saturated rings. The van der Waals surface area contributed by atoms with E-state index in [0.29, 0.717) is 12.6 Å². The van der Waals surface area contributed by atoms with E-state index < -0.39 is 0 Å². The van der Waals surface area contributed by atoms with Gasteiger partial charge >= 0.3 is 0 Å². The molecule has 3 N–H and O–H groups in total. The van der Waals surface area contributed by atoms with Crippen LogP contribution < -0.4 is 10.6 Å². The second kappa shape index (κ2) is 4.07. The second-order valence-corrected chi connectivity index (χ2v) is 4.63. The molecule has 0 bridgehead atoms. The Balaban J connectivity index is 1.81. The maximum atomic E-state index is 5.91. The number of H-pyrrole nitrogens is 1. The summed E-state index contributed by atoms with van der Waals surface area (Å²) in [6, 6.07) is 0.363. The van der Waals surface area contributed by atoms with Crippen molar-refractivity contribution in [3.05, 3.63) is 11.3 Å². The van der Waals surface area contributed by atoms with Crippen LogP contribution in [0.1, 0.15) is 24.1 Å². The van der Waals surface area contributed by atoms with E-state index in [-0.39, 0.29) is 0 Å². The summed E-state index contributed by atoms with van der Waals surface area (Å²) in [5.41, 5.74) is 8.41. The lowest BCUT2D eigenvalue weighted by atomic mass is 10.1. The van der Waals surface area contributed by atoms with E-state index in [0.717, 1.165) is 44.8 Å². The van der Waals surface area contributed by atoms with Crippen molar-refractivity contribution in [3.8, 4) is 0 Å². The Kier molecular flexibility index (Phi) is 2.57. The lowest BCUT2D eigenvalue weighted by Crippen LogP contribution is -2.40. The van der Waals surface area contributed by atoms with Crippen LogP contribution in [0.25, 0.3) is 0 Å². The van der Waals surface area contributed by atoms with Crippen LogP contribution in [0.2, 0.25) is 0 Å². The fourth-order valence-corrected chi connectivity index (χ4v) is 2.47. The molecule has 0 aliphatic carbocycles. The van der Waals surface area contributed by atoms with Crippen LogP contribution in [0.3, 0.4) is 0 Å². The molecule has 3 heterocycles. The van der Waals surface area contributed by atoms with Crippen molar-refractivity contribution in [3.63, 3.8) is 0 Å². The van der Waals surface area contributed by atoms with E-state index in [4.69, 9.17) is 10.5 Å². The van der Waals surface area contributed by atoms with Gasteiger partial charge in [0.15, 0.2) is 5.82 Å². The van der Waals surface area contributed by atoms with Crippen molar-refractivity contribution in [2.24, 2.45) is 5.73 Å². The van der Waals surface area contributed by atoms with Gasteiger partial charge in [0.25, 0.3) is 0 Å². The van der Waals surface area contributed by atoms with E-state index >= 15 is 0 Å². The highest BCUT2D eigenvalue weighted by molar-refractivity contribution is 5.49. The van der Waals surface area contributed by atoms with Gasteiger partial charge in [0.2, 0.25) is 0 Å². The Morgan fingerprint density at radius 3 is 3.00 bits per heavy atom. The first kappa shape index (κ1) is 10.1. The minimum Gasteiger partial charge on any atom is -0.376 e. The lowest BCUT2D eigenvalue weighted by molar-refractivity contribution is 0.110. The number of ether oxygens (including phenoxy) is 1. The average Bonchev–Trinajstić information content (AvgIpc) is 2.74. The third kappa shape index (κ3) is 1.70. The van der Waals surface area contributed by atoms with Crippen LogP contribution in [0.4, 0.5) is 5.82 Å². The number of nitrogens with zero attached hydrogens (tertiary/aromatic N) is 2. The van der Waals surface area contributed by atoms with Crippen LogP contribution in [0, 0.1) is 0 Å². The molecule has 0 atom stereocenters. The topological polar surface area (TPSA) is 67.2 Å². The quantitative estimate of drug-likeness (QED) is 0.722. The van der Waals surface area contributed by atoms with Crippen molar-refractivity contribution >= 4 is 5.82 Å². The van der Waals surface area contributed by atoms with Gasteiger partial charge in [-0.15, -0.1) is 0 Å². The predicted octanol–water partition coefficient (Wildman–Crippen LogP) is 0.410. The fraction of sp³-hybridized carbons (Fsp3) is 0.727. The predicted molar refractivity (Wildman–Crippen MR) is 61.4 cm³/mol. The van der Waals surface area contributed by atoms with Crippen molar-refractivity contribution in [1.82, 2.24) is 10.2 Å². The van der Waals surface area contributed by atoms with Crippen molar-refractivity contribution in [2.45, 2.75) is 31.9 Å². The maximum absolute atomic E-state index is 5.91. The van der Waals surface area contributed by atoms with Crippen molar-refractivity contribution < 1.29 is 4.74 Å². The second-order valence-electron chi connectivity index (χ2n) is 4.63. The van der Waals surface area contributed by atoms with Crippen LogP contribution in [-0.4, -0.2) is 35.9 Å². The molecule has 0 saturated carbocycles.